The van der Waals surface area contributed by atoms with Gasteiger partial charge < -0.3 is 19.5 Å². The van der Waals surface area contributed by atoms with Crippen LogP contribution in [0.25, 0.3) is 0 Å². The van der Waals surface area contributed by atoms with Gasteiger partial charge in [0, 0.05) is 19.2 Å². The lowest BCUT2D eigenvalue weighted by atomic mass is 9.98. The highest BCUT2D eigenvalue weighted by molar-refractivity contribution is 7.92. The normalized spacial score (nSPS) is 16.0. The summed E-state index contributed by atoms with van der Waals surface area (Å²) in [5.74, 6) is -0.198. The first-order valence-electron chi connectivity index (χ1n) is 12.0. The largest absolute Gasteiger partial charge is 0.486 e. The minimum absolute atomic E-state index is 0.0558. The average molecular weight is 507 g/mol. The zero-order chi connectivity index (χ0) is 24.7. The number of fused-ring (bicyclic) bond motifs is 1. The second-order valence-corrected chi connectivity index (χ2v) is 10.5. The number of anilines is 1. The molecule has 1 aliphatic heterocycles. The molecule has 1 aliphatic carbocycles. The molecule has 1 heterocycles. The lowest BCUT2D eigenvalue weighted by Crippen LogP contribution is -2.41. The van der Waals surface area contributed by atoms with E-state index in [1.54, 1.807) is 0 Å². The summed E-state index contributed by atoms with van der Waals surface area (Å²) in [6.45, 7) is 1.15. The lowest BCUT2D eigenvalue weighted by Gasteiger charge is -2.25. The molecule has 2 aromatic carbocycles. The smallest absolute Gasteiger partial charge is 0.264 e. The molecule has 0 unspecified atom stereocenters. The standard InChI is InChI=1S/C25H31FN2O6S/c26-19-7-9-20(10-8-19)28(18-25(29)27-13-4-14-32-21-5-2-1-3-6-21)35(30,31)22-11-12-23-24(17-22)34-16-15-33-23/h7-12,17,21H,1-6,13-16,18H2,(H,27,29). The van der Waals surface area contributed by atoms with Crippen LogP contribution in [0.15, 0.2) is 47.4 Å². The number of rotatable bonds is 10. The highest BCUT2D eigenvalue weighted by Gasteiger charge is 2.29. The maximum Gasteiger partial charge on any atom is 0.264 e. The van der Waals surface area contributed by atoms with Gasteiger partial charge in [-0.3, -0.25) is 9.10 Å². The van der Waals surface area contributed by atoms with E-state index in [4.69, 9.17) is 14.2 Å². The SMILES string of the molecule is O=C(CN(c1ccc(F)cc1)S(=O)(=O)c1ccc2c(c1)OCCO2)NCCCOC1CCCCC1. The van der Waals surface area contributed by atoms with E-state index in [0.29, 0.717) is 50.4 Å². The monoisotopic (exact) mass is 506 g/mol. The van der Waals surface area contributed by atoms with Crippen molar-refractivity contribution < 1.29 is 31.8 Å². The minimum atomic E-state index is -4.16. The Morgan fingerprint density at radius 1 is 1.03 bits per heavy atom. The van der Waals surface area contributed by atoms with E-state index in [1.807, 2.05) is 0 Å². The zero-order valence-corrected chi connectivity index (χ0v) is 20.4. The third-order valence-electron chi connectivity index (χ3n) is 6.05. The molecule has 1 saturated carbocycles. The van der Waals surface area contributed by atoms with Crippen LogP contribution in [0.2, 0.25) is 0 Å². The molecule has 190 valence electrons. The number of hydrogen-bond acceptors (Lipinski definition) is 6. The van der Waals surface area contributed by atoms with Crippen molar-refractivity contribution in [1.82, 2.24) is 5.32 Å². The topological polar surface area (TPSA) is 94.2 Å². The fraction of sp³-hybridized carbons (Fsp3) is 0.480. The maximum atomic E-state index is 13.5. The van der Waals surface area contributed by atoms with Crippen LogP contribution in [-0.4, -0.2) is 53.3 Å². The van der Waals surface area contributed by atoms with Crippen molar-refractivity contribution in [2.45, 2.75) is 49.5 Å². The van der Waals surface area contributed by atoms with Gasteiger partial charge in [-0.2, -0.15) is 0 Å². The molecule has 10 heteroatoms. The van der Waals surface area contributed by atoms with Crippen LogP contribution in [-0.2, 0) is 19.6 Å². The van der Waals surface area contributed by atoms with Gasteiger partial charge in [0.25, 0.3) is 10.0 Å². The number of sulfonamides is 1. The third kappa shape index (κ3) is 6.64. The van der Waals surface area contributed by atoms with Crippen LogP contribution in [0.1, 0.15) is 38.5 Å². The summed E-state index contributed by atoms with van der Waals surface area (Å²) < 4.78 is 58.4. The van der Waals surface area contributed by atoms with E-state index >= 15 is 0 Å². The number of ether oxygens (including phenoxy) is 3. The molecule has 1 fully saturated rings. The molecule has 0 atom stereocenters. The highest BCUT2D eigenvalue weighted by Crippen LogP contribution is 2.34. The van der Waals surface area contributed by atoms with Crippen molar-refractivity contribution >= 4 is 21.6 Å². The predicted octanol–water partition coefficient (Wildman–Crippen LogP) is 3.65. The number of benzene rings is 2. The molecule has 0 saturated heterocycles. The Balaban J connectivity index is 1.42. The van der Waals surface area contributed by atoms with Crippen LogP contribution < -0.4 is 19.1 Å². The maximum absolute atomic E-state index is 13.5. The summed E-state index contributed by atoms with van der Waals surface area (Å²) in [6, 6.07) is 9.27. The Morgan fingerprint density at radius 3 is 2.49 bits per heavy atom. The molecule has 1 N–H and O–H groups in total. The van der Waals surface area contributed by atoms with Gasteiger partial charge in [-0.1, -0.05) is 19.3 Å². The quantitative estimate of drug-likeness (QED) is 0.495. The zero-order valence-electron chi connectivity index (χ0n) is 19.6. The Labute approximate surface area is 205 Å². The first-order chi connectivity index (χ1) is 16.9. The Bertz CT molecular complexity index is 1100. The molecule has 4 rings (SSSR count). The number of nitrogens with zero attached hydrogens (tertiary/aromatic N) is 1. The van der Waals surface area contributed by atoms with Crippen molar-refractivity contribution in [3.63, 3.8) is 0 Å². The van der Waals surface area contributed by atoms with Crippen molar-refractivity contribution in [1.29, 1.82) is 0 Å². The lowest BCUT2D eigenvalue weighted by molar-refractivity contribution is -0.119. The van der Waals surface area contributed by atoms with Gasteiger partial charge in [0.05, 0.1) is 16.7 Å². The molecule has 8 nitrogen and oxygen atoms in total. The number of amides is 1. The van der Waals surface area contributed by atoms with Crippen molar-refractivity contribution in [2.24, 2.45) is 0 Å². The third-order valence-corrected chi connectivity index (χ3v) is 7.82. The molecule has 0 spiro atoms. The first-order valence-corrected chi connectivity index (χ1v) is 13.4. The highest BCUT2D eigenvalue weighted by atomic mass is 32.2. The fourth-order valence-electron chi connectivity index (χ4n) is 4.20. The predicted molar refractivity (Wildman–Crippen MR) is 129 cm³/mol. The van der Waals surface area contributed by atoms with E-state index in [1.165, 1.54) is 49.6 Å². The number of hydrogen-bond donors (Lipinski definition) is 1. The van der Waals surface area contributed by atoms with Gasteiger partial charge in [-0.15, -0.1) is 0 Å². The van der Waals surface area contributed by atoms with Crippen LogP contribution in [0.3, 0.4) is 0 Å². The molecule has 2 aromatic rings. The number of carbonyl (C=O) groups is 1. The molecule has 0 aromatic heterocycles. The van der Waals surface area contributed by atoms with Crippen LogP contribution in [0, 0.1) is 5.82 Å². The first kappa shape index (κ1) is 25.2. The molecule has 1 amide bonds. The van der Waals surface area contributed by atoms with E-state index in [2.05, 4.69) is 5.32 Å². The Hall–Kier alpha value is -2.85. The number of carbonyl (C=O) groups excluding carboxylic acids is 1. The van der Waals surface area contributed by atoms with Gasteiger partial charge >= 0.3 is 0 Å². The molecule has 2 aliphatic rings. The molecule has 35 heavy (non-hydrogen) atoms. The van der Waals surface area contributed by atoms with Crippen molar-refractivity contribution in [3.05, 3.63) is 48.3 Å². The van der Waals surface area contributed by atoms with Crippen LogP contribution in [0.5, 0.6) is 11.5 Å². The molecule has 0 radical (unpaired) electrons. The van der Waals surface area contributed by atoms with Gasteiger partial charge in [0.2, 0.25) is 5.91 Å². The van der Waals surface area contributed by atoms with Gasteiger partial charge in [0.1, 0.15) is 25.6 Å². The summed E-state index contributed by atoms with van der Waals surface area (Å²) in [5, 5.41) is 2.76. The van der Waals surface area contributed by atoms with Gasteiger partial charge in [0.15, 0.2) is 11.5 Å². The Kier molecular flexibility index (Phi) is 8.46. The van der Waals surface area contributed by atoms with E-state index in [-0.39, 0.29) is 10.6 Å². The van der Waals surface area contributed by atoms with Gasteiger partial charge in [-0.05, 0) is 55.7 Å². The van der Waals surface area contributed by atoms with Crippen LogP contribution >= 0.6 is 0 Å². The molecule has 0 bridgehead atoms. The number of halogens is 1. The van der Waals surface area contributed by atoms with E-state index in [9.17, 15) is 17.6 Å². The summed E-state index contributed by atoms with van der Waals surface area (Å²) in [6.07, 6.45) is 6.73. The van der Waals surface area contributed by atoms with E-state index in [0.717, 1.165) is 29.3 Å². The molecular formula is C25H31FN2O6S. The second-order valence-electron chi connectivity index (χ2n) is 8.63. The van der Waals surface area contributed by atoms with Gasteiger partial charge in [-0.25, -0.2) is 12.8 Å². The van der Waals surface area contributed by atoms with Crippen molar-refractivity contribution in [3.8, 4) is 11.5 Å². The van der Waals surface area contributed by atoms with Crippen LogP contribution in [0.4, 0.5) is 10.1 Å². The second kappa shape index (κ2) is 11.7. The minimum Gasteiger partial charge on any atom is -0.486 e. The summed E-state index contributed by atoms with van der Waals surface area (Å²) in [5.41, 5.74) is 0.178. The summed E-state index contributed by atoms with van der Waals surface area (Å²) in [4.78, 5) is 12.6. The van der Waals surface area contributed by atoms with Crippen molar-refractivity contribution in [2.75, 3.05) is 37.2 Å². The molecular weight excluding hydrogens is 475 g/mol. The Morgan fingerprint density at radius 2 is 1.74 bits per heavy atom. The number of nitrogens with one attached hydrogen (secondary N) is 1. The average Bonchev–Trinajstić information content (AvgIpc) is 2.88. The van der Waals surface area contributed by atoms with E-state index < -0.39 is 28.3 Å². The fourth-order valence-corrected chi connectivity index (χ4v) is 5.64. The summed E-state index contributed by atoms with van der Waals surface area (Å²) in [7, 11) is -4.16. The summed E-state index contributed by atoms with van der Waals surface area (Å²) >= 11 is 0.